The van der Waals surface area contributed by atoms with Crippen LogP contribution < -0.4 is 10.6 Å². The highest BCUT2D eigenvalue weighted by molar-refractivity contribution is 8.00. The standard InChI is InChI=1S/C28H26ClF3N2O2S/c29-20-14-15-24(23(16-20)28(30,31)32)34-27(36)25(18-8-3-1-4-9-18)37-22-13-7-12-21(17-22)33-26(35)19-10-5-2-6-11-19/h1,3-4,7-9,12-17,19,25H,2,5-6,10-11H2,(H,33,35)(H,34,36). The summed E-state index contributed by atoms with van der Waals surface area (Å²) in [6.07, 6.45) is 0.312. The molecule has 2 amide bonds. The van der Waals surface area contributed by atoms with Crippen molar-refractivity contribution >= 4 is 46.6 Å². The fourth-order valence-electron chi connectivity index (χ4n) is 4.35. The Hall–Kier alpha value is -2.97. The fourth-order valence-corrected chi connectivity index (χ4v) is 5.61. The van der Waals surface area contributed by atoms with Crippen LogP contribution in [-0.4, -0.2) is 11.8 Å². The molecule has 0 spiro atoms. The number of benzene rings is 3. The van der Waals surface area contributed by atoms with Gasteiger partial charge in [0.15, 0.2) is 0 Å². The predicted molar refractivity (Wildman–Crippen MR) is 142 cm³/mol. The van der Waals surface area contributed by atoms with Gasteiger partial charge in [0.1, 0.15) is 5.25 Å². The van der Waals surface area contributed by atoms with Crippen molar-refractivity contribution in [3.05, 3.63) is 88.9 Å². The van der Waals surface area contributed by atoms with Gasteiger partial charge < -0.3 is 10.6 Å². The number of hydrogen-bond donors (Lipinski definition) is 2. The van der Waals surface area contributed by atoms with Gasteiger partial charge in [-0.15, -0.1) is 11.8 Å². The smallest absolute Gasteiger partial charge is 0.326 e. The molecule has 194 valence electrons. The summed E-state index contributed by atoms with van der Waals surface area (Å²) < 4.78 is 40.7. The second-order valence-electron chi connectivity index (χ2n) is 8.94. The second-order valence-corrected chi connectivity index (χ2v) is 10.6. The summed E-state index contributed by atoms with van der Waals surface area (Å²) in [4.78, 5) is 26.7. The van der Waals surface area contributed by atoms with Crippen molar-refractivity contribution in [2.24, 2.45) is 5.92 Å². The lowest BCUT2D eigenvalue weighted by molar-refractivity contribution is -0.137. The minimum Gasteiger partial charge on any atom is -0.326 e. The third kappa shape index (κ3) is 7.29. The zero-order valence-corrected chi connectivity index (χ0v) is 21.4. The van der Waals surface area contributed by atoms with E-state index < -0.39 is 22.9 Å². The lowest BCUT2D eigenvalue weighted by Crippen LogP contribution is -2.24. The summed E-state index contributed by atoms with van der Waals surface area (Å²) in [5.74, 6) is -0.627. The molecule has 1 fully saturated rings. The SMILES string of the molecule is O=C(Nc1cccc(SC(C(=O)Nc2ccc(Cl)cc2C(F)(F)F)c2ccccc2)c1)C1CCCCC1. The summed E-state index contributed by atoms with van der Waals surface area (Å²) in [5, 5.41) is 4.50. The number of carbonyl (C=O) groups is 2. The quantitative estimate of drug-likeness (QED) is 0.293. The number of carbonyl (C=O) groups excluding carboxylic acids is 2. The average molecular weight is 547 g/mol. The van der Waals surface area contributed by atoms with E-state index in [-0.39, 0.29) is 22.5 Å². The number of hydrogen-bond acceptors (Lipinski definition) is 3. The van der Waals surface area contributed by atoms with Crippen LogP contribution in [0.4, 0.5) is 24.5 Å². The van der Waals surface area contributed by atoms with E-state index in [1.54, 1.807) is 54.6 Å². The van der Waals surface area contributed by atoms with Crippen LogP contribution in [0.15, 0.2) is 77.7 Å². The predicted octanol–water partition coefficient (Wildman–Crippen LogP) is 8.35. The molecule has 0 aromatic heterocycles. The monoisotopic (exact) mass is 546 g/mol. The van der Waals surface area contributed by atoms with Crippen molar-refractivity contribution in [3.8, 4) is 0 Å². The maximum atomic E-state index is 13.6. The van der Waals surface area contributed by atoms with E-state index in [0.717, 1.165) is 44.2 Å². The van der Waals surface area contributed by atoms with E-state index in [1.165, 1.54) is 17.8 Å². The Morgan fingerprint density at radius 3 is 2.32 bits per heavy atom. The molecule has 2 N–H and O–H groups in total. The number of alkyl halides is 3. The highest BCUT2D eigenvalue weighted by Gasteiger charge is 2.35. The Morgan fingerprint density at radius 1 is 0.892 bits per heavy atom. The molecule has 0 aliphatic heterocycles. The largest absolute Gasteiger partial charge is 0.418 e. The third-order valence-electron chi connectivity index (χ3n) is 6.22. The lowest BCUT2D eigenvalue weighted by Gasteiger charge is -2.21. The molecule has 9 heteroatoms. The Morgan fingerprint density at radius 2 is 1.62 bits per heavy atom. The first-order valence-electron chi connectivity index (χ1n) is 12.0. The van der Waals surface area contributed by atoms with Crippen LogP contribution in [-0.2, 0) is 15.8 Å². The molecule has 3 aromatic rings. The molecule has 0 heterocycles. The van der Waals surface area contributed by atoms with Crippen LogP contribution in [0.1, 0.15) is 48.5 Å². The molecule has 3 aromatic carbocycles. The first kappa shape index (κ1) is 27.1. The van der Waals surface area contributed by atoms with E-state index in [0.29, 0.717) is 16.1 Å². The van der Waals surface area contributed by atoms with Gasteiger partial charge in [-0.3, -0.25) is 9.59 Å². The van der Waals surface area contributed by atoms with Gasteiger partial charge in [0.05, 0.1) is 11.3 Å². The number of anilines is 2. The Bertz CT molecular complexity index is 1250. The highest BCUT2D eigenvalue weighted by atomic mass is 35.5. The van der Waals surface area contributed by atoms with Gasteiger partial charge in [0.2, 0.25) is 11.8 Å². The second kappa shape index (κ2) is 12.0. The van der Waals surface area contributed by atoms with Crippen molar-refractivity contribution < 1.29 is 22.8 Å². The molecule has 0 radical (unpaired) electrons. The van der Waals surface area contributed by atoms with E-state index in [4.69, 9.17) is 11.6 Å². The van der Waals surface area contributed by atoms with E-state index in [9.17, 15) is 22.8 Å². The summed E-state index contributed by atoms with van der Waals surface area (Å²) in [6.45, 7) is 0. The van der Waals surface area contributed by atoms with E-state index in [2.05, 4.69) is 10.6 Å². The van der Waals surface area contributed by atoms with Crippen molar-refractivity contribution in [3.63, 3.8) is 0 Å². The third-order valence-corrected chi connectivity index (χ3v) is 7.70. The van der Waals surface area contributed by atoms with Crippen molar-refractivity contribution in [2.45, 2.75) is 48.4 Å². The average Bonchev–Trinajstić information content (AvgIpc) is 2.89. The zero-order valence-electron chi connectivity index (χ0n) is 19.9. The molecular weight excluding hydrogens is 521 g/mol. The summed E-state index contributed by atoms with van der Waals surface area (Å²) in [7, 11) is 0. The van der Waals surface area contributed by atoms with Gasteiger partial charge in [-0.05, 0) is 54.8 Å². The van der Waals surface area contributed by atoms with Crippen LogP contribution in [0, 0.1) is 5.92 Å². The maximum Gasteiger partial charge on any atom is 0.418 e. The van der Waals surface area contributed by atoms with Gasteiger partial charge in [-0.25, -0.2) is 0 Å². The summed E-state index contributed by atoms with van der Waals surface area (Å²) in [5.41, 5.74) is -0.136. The number of thioether (sulfide) groups is 1. The number of amides is 2. The molecule has 1 atom stereocenters. The molecular formula is C28H26ClF3N2O2S. The van der Waals surface area contributed by atoms with Gasteiger partial charge in [-0.2, -0.15) is 13.2 Å². The topological polar surface area (TPSA) is 58.2 Å². The molecule has 0 saturated heterocycles. The molecule has 4 nitrogen and oxygen atoms in total. The van der Waals surface area contributed by atoms with E-state index in [1.807, 2.05) is 0 Å². The van der Waals surface area contributed by atoms with Crippen molar-refractivity contribution in [1.82, 2.24) is 0 Å². The number of nitrogens with one attached hydrogen (secondary N) is 2. The van der Waals surface area contributed by atoms with Gasteiger partial charge >= 0.3 is 6.18 Å². The minimum atomic E-state index is -4.69. The number of halogens is 4. The molecule has 1 aliphatic rings. The van der Waals surface area contributed by atoms with Gasteiger partial charge in [0.25, 0.3) is 0 Å². The van der Waals surface area contributed by atoms with Crippen molar-refractivity contribution in [1.29, 1.82) is 0 Å². The first-order valence-corrected chi connectivity index (χ1v) is 13.3. The Labute approximate surface area is 223 Å². The maximum absolute atomic E-state index is 13.6. The van der Waals surface area contributed by atoms with Gasteiger partial charge in [-0.1, -0.05) is 67.3 Å². The number of rotatable bonds is 7. The minimum absolute atomic E-state index is 0.00453. The van der Waals surface area contributed by atoms with Crippen LogP contribution in [0.2, 0.25) is 5.02 Å². The molecule has 37 heavy (non-hydrogen) atoms. The molecule has 1 unspecified atom stereocenters. The summed E-state index contributed by atoms with van der Waals surface area (Å²) >= 11 is 6.97. The van der Waals surface area contributed by atoms with Crippen LogP contribution in [0.5, 0.6) is 0 Å². The molecule has 4 rings (SSSR count). The lowest BCUT2D eigenvalue weighted by atomic mass is 9.88. The van der Waals surface area contributed by atoms with Crippen LogP contribution in [0.3, 0.4) is 0 Å². The highest BCUT2D eigenvalue weighted by Crippen LogP contribution is 2.40. The fraction of sp³-hybridized carbons (Fsp3) is 0.286. The van der Waals surface area contributed by atoms with Gasteiger partial charge in [0, 0.05) is 21.5 Å². The zero-order chi connectivity index (χ0) is 26.4. The molecule has 1 aliphatic carbocycles. The Balaban J connectivity index is 1.56. The summed E-state index contributed by atoms with van der Waals surface area (Å²) in [6, 6.07) is 19.2. The van der Waals surface area contributed by atoms with Crippen LogP contribution >= 0.6 is 23.4 Å². The van der Waals surface area contributed by atoms with E-state index >= 15 is 0 Å². The van der Waals surface area contributed by atoms with Crippen LogP contribution in [0.25, 0.3) is 0 Å². The molecule has 0 bridgehead atoms. The van der Waals surface area contributed by atoms with Crippen molar-refractivity contribution in [2.75, 3.05) is 10.6 Å². The normalized spacial score (nSPS) is 15.1. The molecule has 1 saturated carbocycles. The Kier molecular flexibility index (Phi) is 8.82. The first-order chi connectivity index (χ1) is 17.7.